The molecule has 2 nitrogen and oxygen atoms in total. The van der Waals surface area contributed by atoms with Gasteiger partial charge in [0.2, 0.25) is 0 Å². The molecule has 0 saturated heterocycles. The maximum absolute atomic E-state index is 10.7. The zero-order valence-electron chi connectivity index (χ0n) is 5.30. The van der Waals surface area contributed by atoms with Crippen molar-refractivity contribution in [2.45, 2.75) is 12.1 Å². The van der Waals surface area contributed by atoms with Crippen LogP contribution in [0.5, 0.6) is 0 Å². The Hall–Kier alpha value is -0.383. The van der Waals surface area contributed by atoms with Gasteiger partial charge in [0.25, 0.3) is 0 Å². The summed E-state index contributed by atoms with van der Waals surface area (Å²) in [5, 5.41) is 0. The van der Waals surface area contributed by atoms with Crippen LogP contribution >= 0.6 is 0 Å². The van der Waals surface area contributed by atoms with Crippen molar-refractivity contribution >= 4 is 8.56 Å². The van der Waals surface area contributed by atoms with E-state index in [4.69, 9.17) is 0 Å². The quantitative estimate of drug-likeness (QED) is 0.423. The lowest BCUT2D eigenvalue weighted by Gasteiger charge is -2.05. The summed E-state index contributed by atoms with van der Waals surface area (Å²) in [6.45, 7) is 6.66. The molecule has 0 bridgehead atoms. The molecule has 0 fully saturated rings. The topological polar surface area (TPSA) is 39.8 Å². The first-order chi connectivity index (χ1) is 4.12. The molecule has 0 heterocycles. The fourth-order valence-corrected chi connectivity index (χ4v) is 1.57. The lowest BCUT2D eigenvalue weighted by Crippen LogP contribution is -2.28. The molecule has 0 aliphatic heterocycles. The first-order valence-corrected chi connectivity index (χ1v) is 4.98. The summed E-state index contributed by atoms with van der Waals surface area (Å²) >= 11 is 0. The molecule has 0 aromatic rings. The van der Waals surface area contributed by atoms with Gasteiger partial charge in [0.1, 0.15) is 0 Å². The van der Waals surface area contributed by atoms with Crippen molar-refractivity contribution in [2.75, 3.05) is 0 Å². The van der Waals surface area contributed by atoms with E-state index < -0.39 is 8.56 Å². The Kier molecular flexibility index (Phi) is 3.45. The maximum atomic E-state index is 10.7. The van der Waals surface area contributed by atoms with Crippen molar-refractivity contribution in [1.29, 1.82) is 0 Å². The van der Waals surface area contributed by atoms with Crippen LogP contribution in [0.25, 0.3) is 0 Å². The third-order valence-corrected chi connectivity index (χ3v) is 2.73. The van der Waals surface area contributed by atoms with Crippen LogP contribution in [0.2, 0.25) is 12.1 Å². The zero-order chi connectivity index (χ0) is 7.33. The van der Waals surface area contributed by atoms with Crippen molar-refractivity contribution in [3.63, 3.8) is 0 Å². The summed E-state index contributed by atoms with van der Waals surface area (Å²) in [5.41, 5.74) is 0. The highest BCUT2D eigenvalue weighted by Crippen LogP contribution is 2.09. The van der Waals surface area contributed by atoms with Gasteiger partial charge >= 0.3 is 8.56 Å². The molecule has 2 radical (unpaired) electrons. The fraction of sp³-hybridized carbons (Fsp3) is 0.333. The second-order valence-corrected chi connectivity index (χ2v) is 4.53. The highest BCUT2D eigenvalue weighted by molar-refractivity contribution is 6.64. The first-order valence-electron chi connectivity index (χ1n) is 2.75. The summed E-state index contributed by atoms with van der Waals surface area (Å²) < 4.78 is 0. The van der Waals surface area contributed by atoms with Crippen LogP contribution in [0.4, 0.5) is 0 Å². The van der Waals surface area contributed by atoms with Crippen LogP contribution in [0.3, 0.4) is 0 Å². The number of hydrogen-bond acceptors (Lipinski definition) is 0. The molecule has 0 aliphatic carbocycles. The van der Waals surface area contributed by atoms with Crippen molar-refractivity contribution in [3.8, 4) is 0 Å². The molecule has 0 N–H and O–H groups in total. The molecule has 0 aliphatic rings. The van der Waals surface area contributed by atoms with Gasteiger partial charge in [-0.2, -0.15) is 0 Å². The average molecular weight is 142 g/mol. The van der Waals surface area contributed by atoms with Crippen LogP contribution in [0.15, 0.2) is 25.3 Å². The van der Waals surface area contributed by atoms with E-state index >= 15 is 0 Å². The van der Waals surface area contributed by atoms with Gasteiger partial charge in [-0.25, -0.2) is 0 Å². The monoisotopic (exact) mass is 142 g/mol. The van der Waals surface area contributed by atoms with Gasteiger partial charge in [-0.3, -0.25) is 9.59 Å². The van der Waals surface area contributed by atoms with Crippen molar-refractivity contribution in [2.24, 2.45) is 0 Å². The van der Waals surface area contributed by atoms with Crippen LogP contribution in [0, 0.1) is 0 Å². The van der Waals surface area contributed by atoms with Gasteiger partial charge in [0.15, 0.2) is 0 Å². The van der Waals surface area contributed by atoms with E-state index in [2.05, 4.69) is 13.2 Å². The van der Waals surface area contributed by atoms with Crippen LogP contribution in [-0.2, 0) is 9.59 Å². The molecular formula is C6H10O2Si. The summed E-state index contributed by atoms with van der Waals surface area (Å²) in [7, 11) is -3.44. The molecule has 0 atom stereocenters. The third-order valence-electron chi connectivity index (χ3n) is 0.911. The Bertz CT molecular complexity index is 97.6. The van der Waals surface area contributed by atoms with E-state index in [1.165, 1.54) is 12.2 Å². The largest absolute Gasteiger partial charge is 0.413 e. The second-order valence-electron chi connectivity index (χ2n) is 1.90. The van der Waals surface area contributed by atoms with Crippen molar-refractivity contribution < 1.29 is 9.59 Å². The Balaban J connectivity index is 3.68. The Morgan fingerprint density at radius 1 is 1.11 bits per heavy atom. The van der Waals surface area contributed by atoms with E-state index in [-0.39, 0.29) is 12.1 Å². The molecule has 50 valence electrons. The minimum Gasteiger partial charge on any atom is -0.256 e. The van der Waals surface area contributed by atoms with E-state index in [9.17, 15) is 9.59 Å². The fourth-order valence-electron chi connectivity index (χ4n) is 0.523. The lowest BCUT2D eigenvalue weighted by atomic mass is 10.7. The van der Waals surface area contributed by atoms with Crippen LogP contribution in [0.1, 0.15) is 0 Å². The van der Waals surface area contributed by atoms with Crippen molar-refractivity contribution in [1.82, 2.24) is 0 Å². The number of allylic oxidation sites excluding steroid dienone is 2. The third kappa shape index (κ3) is 4.14. The van der Waals surface area contributed by atoms with Crippen molar-refractivity contribution in [3.05, 3.63) is 25.3 Å². The Labute approximate surface area is 56.4 Å². The molecule has 0 amide bonds. The van der Waals surface area contributed by atoms with Crippen LogP contribution < -0.4 is 0 Å². The van der Waals surface area contributed by atoms with E-state index in [0.717, 1.165) is 0 Å². The van der Waals surface area contributed by atoms with Gasteiger partial charge in [0.05, 0.1) is 0 Å². The summed E-state index contributed by atoms with van der Waals surface area (Å²) in [6.07, 6.45) is 2.80. The molecule has 0 aromatic heterocycles. The molecule has 9 heavy (non-hydrogen) atoms. The molecule has 0 unspecified atom stereocenters. The minimum atomic E-state index is -3.44. The van der Waals surface area contributed by atoms with E-state index in [0.29, 0.717) is 0 Å². The number of hydrogen-bond donors (Lipinski definition) is 0. The predicted molar refractivity (Wildman–Crippen MR) is 37.1 cm³/mol. The first kappa shape index (κ1) is 8.62. The Morgan fingerprint density at radius 2 is 1.44 bits per heavy atom. The highest BCUT2D eigenvalue weighted by Gasteiger charge is 2.30. The molecular weight excluding hydrogens is 132 g/mol. The minimum absolute atomic E-state index is 0.0962. The summed E-state index contributed by atoms with van der Waals surface area (Å²) in [6, 6.07) is 0.192. The Morgan fingerprint density at radius 3 is 1.67 bits per heavy atom. The number of rotatable bonds is 4. The molecule has 3 heteroatoms. The maximum Gasteiger partial charge on any atom is 0.413 e. The highest BCUT2D eigenvalue weighted by atomic mass is 28.4. The standard InChI is InChI=1S/C6H10O2Si/c1-3-5-9(7,8)6-4-2/h3-4H,1-2,5-6H2. The normalized spacial score (nSPS) is 10.9. The SMILES string of the molecule is C=CC[Si]([O])([O])CC=C. The molecule has 0 rings (SSSR count). The predicted octanol–water partition coefficient (Wildman–Crippen LogP) is 1.66. The summed E-state index contributed by atoms with van der Waals surface area (Å²) in [4.78, 5) is 21.5. The summed E-state index contributed by atoms with van der Waals surface area (Å²) in [5.74, 6) is 0. The van der Waals surface area contributed by atoms with Gasteiger partial charge < -0.3 is 0 Å². The van der Waals surface area contributed by atoms with E-state index in [1.54, 1.807) is 0 Å². The van der Waals surface area contributed by atoms with Gasteiger partial charge in [-0.15, -0.1) is 13.2 Å². The van der Waals surface area contributed by atoms with Crippen LogP contribution in [-0.4, -0.2) is 8.56 Å². The lowest BCUT2D eigenvalue weighted by molar-refractivity contribution is 0.250. The molecule has 0 saturated carbocycles. The molecule has 0 aromatic carbocycles. The molecule has 0 spiro atoms. The van der Waals surface area contributed by atoms with Gasteiger partial charge in [0, 0.05) is 12.1 Å². The second kappa shape index (κ2) is 3.61. The average Bonchev–Trinajstić information content (AvgIpc) is 1.64. The van der Waals surface area contributed by atoms with Gasteiger partial charge in [-0.1, -0.05) is 12.2 Å². The van der Waals surface area contributed by atoms with E-state index in [1.807, 2.05) is 0 Å². The van der Waals surface area contributed by atoms with Gasteiger partial charge in [-0.05, 0) is 0 Å². The zero-order valence-corrected chi connectivity index (χ0v) is 6.30. The smallest absolute Gasteiger partial charge is 0.256 e.